The first-order valence-electron chi connectivity index (χ1n) is 11.2. The summed E-state index contributed by atoms with van der Waals surface area (Å²) in [6, 6.07) is 14.3. The molecule has 2 amide bonds. The minimum Gasteiger partial charge on any atom is -0.345 e. The van der Waals surface area contributed by atoms with Gasteiger partial charge in [-0.05, 0) is 51.5 Å². The van der Waals surface area contributed by atoms with Crippen molar-refractivity contribution in [2.24, 2.45) is 0 Å². The van der Waals surface area contributed by atoms with Crippen LogP contribution in [0.4, 0.5) is 5.69 Å². The fourth-order valence-electron chi connectivity index (χ4n) is 3.39. The molecule has 0 aliphatic rings. The predicted molar refractivity (Wildman–Crippen MR) is 133 cm³/mol. The second kappa shape index (κ2) is 11.6. The number of Topliss-reactive ketones (excluding diaryl/α,β-unsaturated/α-hetero) is 1. The van der Waals surface area contributed by atoms with E-state index in [1.807, 2.05) is 43.5 Å². The fourth-order valence-corrected chi connectivity index (χ4v) is 4.43. The zero-order valence-electron chi connectivity index (χ0n) is 19.8. The van der Waals surface area contributed by atoms with Crippen molar-refractivity contribution in [1.82, 2.24) is 20.1 Å². The maximum atomic E-state index is 12.9. The van der Waals surface area contributed by atoms with Crippen LogP contribution >= 0.6 is 11.8 Å². The number of aromatic nitrogens is 3. The lowest BCUT2D eigenvalue weighted by Crippen LogP contribution is -2.26. The summed E-state index contributed by atoms with van der Waals surface area (Å²) in [6.07, 6.45) is 0.582. The van der Waals surface area contributed by atoms with Gasteiger partial charge in [0.2, 0.25) is 5.91 Å². The molecule has 1 heterocycles. The molecule has 0 saturated heterocycles. The third kappa shape index (κ3) is 6.32. The lowest BCUT2D eigenvalue weighted by molar-refractivity contribution is -0.115. The summed E-state index contributed by atoms with van der Waals surface area (Å²) < 4.78 is 1.90. The quantitative estimate of drug-likeness (QED) is 0.333. The molecule has 0 unspecified atom stereocenters. The Hall–Kier alpha value is -3.46. The summed E-state index contributed by atoms with van der Waals surface area (Å²) in [5.74, 6) is 0.210. The van der Waals surface area contributed by atoms with Crippen molar-refractivity contribution in [1.29, 1.82) is 0 Å². The molecule has 1 atom stereocenters. The number of carbonyl (C=O) groups excluding carboxylic acids is 3. The topological polar surface area (TPSA) is 106 Å². The molecule has 0 radical (unpaired) electrons. The van der Waals surface area contributed by atoms with E-state index < -0.39 is 5.25 Å². The van der Waals surface area contributed by atoms with Crippen molar-refractivity contribution in [3.8, 4) is 0 Å². The zero-order valence-corrected chi connectivity index (χ0v) is 20.6. The van der Waals surface area contributed by atoms with Gasteiger partial charge in [-0.1, -0.05) is 48.5 Å². The van der Waals surface area contributed by atoms with E-state index in [4.69, 9.17) is 0 Å². The average molecular weight is 480 g/mol. The second-order valence-corrected chi connectivity index (χ2v) is 9.01. The van der Waals surface area contributed by atoms with Gasteiger partial charge in [-0.2, -0.15) is 0 Å². The highest BCUT2D eigenvalue weighted by Gasteiger charge is 2.23. The lowest BCUT2D eigenvalue weighted by atomic mass is 10.1. The molecule has 0 spiro atoms. The van der Waals surface area contributed by atoms with Gasteiger partial charge in [-0.25, -0.2) is 0 Å². The van der Waals surface area contributed by atoms with Gasteiger partial charge in [0, 0.05) is 23.4 Å². The molecule has 1 aromatic heterocycles. The molecular formula is C25H29N5O3S. The van der Waals surface area contributed by atoms with Crippen molar-refractivity contribution < 1.29 is 14.4 Å². The van der Waals surface area contributed by atoms with Crippen LogP contribution in [-0.2, 0) is 17.9 Å². The van der Waals surface area contributed by atoms with Gasteiger partial charge in [-0.15, -0.1) is 10.2 Å². The number of aryl methyl sites for hydroxylation is 1. The first-order valence-corrected chi connectivity index (χ1v) is 12.1. The molecule has 8 nitrogen and oxygen atoms in total. The Bertz CT molecular complexity index is 1190. The van der Waals surface area contributed by atoms with Crippen LogP contribution < -0.4 is 10.6 Å². The SMILES string of the molecule is CC[C@@H](Sc1nnc(CNC(=O)c2cccc(C)c2)n1CC)C(=O)Nc1cccc(C(C)=O)c1. The lowest BCUT2D eigenvalue weighted by Gasteiger charge is -2.15. The maximum Gasteiger partial charge on any atom is 0.251 e. The summed E-state index contributed by atoms with van der Waals surface area (Å²) >= 11 is 1.33. The average Bonchev–Trinajstić information content (AvgIpc) is 3.22. The fraction of sp³-hybridized carbons (Fsp3) is 0.320. The molecule has 178 valence electrons. The number of anilines is 1. The number of benzene rings is 2. The summed E-state index contributed by atoms with van der Waals surface area (Å²) in [5, 5.41) is 14.5. The number of amides is 2. The smallest absolute Gasteiger partial charge is 0.251 e. The molecule has 2 N–H and O–H groups in total. The van der Waals surface area contributed by atoms with Gasteiger partial charge in [0.25, 0.3) is 5.91 Å². The zero-order chi connectivity index (χ0) is 24.7. The van der Waals surface area contributed by atoms with E-state index in [0.29, 0.717) is 40.8 Å². The number of rotatable bonds is 10. The second-order valence-electron chi connectivity index (χ2n) is 7.84. The summed E-state index contributed by atoms with van der Waals surface area (Å²) in [6.45, 7) is 8.16. The number of hydrogen-bond donors (Lipinski definition) is 2. The Morgan fingerprint density at radius 3 is 2.44 bits per heavy atom. The molecule has 0 bridgehead atoms. The Morgan fingerprint density at radius 1 is 1.03 bits per heavy atom. The van der Waals surface area contributed by atoms with Crippen LogP contribution in [0.5, 0.6) is 0 Å². The van der Waals surface area contributed by atoms with Crippen molar-refractivity contribution in [2.45, 2.75) is 57.6 Å². The van der Waals surface area contributed by atoms with Crippen LogP contribution in [0, 0.1) is 6.92 Å². The molecule has 3 rings (SSSR count). The van der Waals surface area contributed by atoms with E-state index in [2.05, 4.69) is 20.8 Å². The minimum atomic E-state index is -0.398. The molecule has 9 heteroatoms. The molecule has 2 aromatic carbocycles. The van der Waals surface area contributed by atoms with Gasteiger partial charge in [-0.3, -0.25) is 14.4 Å². The normalized spacial score (nSPS) is 11.6. The highest BCUT2D eigenvalue weighted by Crippen LogP contribution is 2.26. The number of carbonyl (C=O) groups is 3. The van der Waals surface area contributed by atoms with Crippen LogP contribution in [0.15, 0.2) is 53.7 Å². The van der Waals surface area contributed by atoms with Gasteiger partial charge in [0.05, 0.1) is 11.8 Å². The van der Waals surface area contributed by atoms with Gasteiger partial charge in [0.15, 0.2) is 16.8 Å². The highest BCUT2D eigenvalue weighted by atomic mass is 32.2. The summed E-state index contributed by atoms with van der Waals surface area (Å²) in [4.78, 5) is 37.0. The van der Waals surface area contributed by atoms with Crippen LogP contribution in [0.1, 0.15) is 59.3 Å². The number of nitrogens with zero attached hydrogens (tertiary/aromatic N) is 3. The van der Waals surface area contributed by atoms with Crippen molar-refractivity contribution >= 4 is 35.0 Å². The number of hydrogen-bond acceptors (Lipinski definition) is 6. The van der Waals surface area contributed by atoms with Crippen LogP contribution in [0.2, 0.25) is 0 Å². The Labute approximate surface area is 203 Å². The number of thioether (sulfide) groups is 1. The summed E-state index contributed by atoms with van der Waals surface area (Å²) in [5.41, 5.74) is 2.73. The van der Waals surface area contributed by atoms with E-state index >= 15 is 0 Å². The minimum absolute atomic E-state index is 0.0596. The first-order chi connectivity index (χ1) is 16.3. The van der Waals surface area contributed by atoms with Crippen LogP contribution in [-0.4, -0.2) is 37.6 Å². The standard InChI is InChI=1S/C25H29N5O3S/c1-5-21(24(33)27-20-12-8-10-18(14-20)17(4)31)34-25-29-28-22(30(25)6-2)15-26-23(32)19-11-7-9-16(3)13-19/h7-14,21H,5-6,15H2,1-4H3,(H,26,32)(H,27,33)/t21-/m1/s1. The van der Waals surface area contributed by atoms with Crippen LogP contribution in [0.25, 0.3) is 0 Å². The summed E-state index contributed by atoms with van der Waals surface area (Å²) in [7, 11) is 0. The van der Waals surface area contributed by atoms with E-state index in [-0.39, 0.29) is 24.1 Å². The van der Waals surface area contributed by atoms with Crippen LogP contribution in [0.3, 0.4) is 0 Å². The van der Waals surface area contributed by atoms with E-state index in [1.54, 1.807) is 30.3 Å². The molecule has 0 fully saturated rings. The Kier molecular flexibility index (Phi) is 8.59. The Morgan fingerprint density at radius 2 is 1.76 bits per heavy atom. The Balaban J connectivity index is 1.67. The molecule has 0 saturated carbocycles. The van der Waals surface area contributed by atoms with E-state index in [9.17, 15) is 14.4 Å². The monoisotopic (exact) mass is 479 g/mol. The largest absolute Gasteiger partial charge is 0.345 e. The number of ketones is 1. The van der Waals surface area contributed by atoms with Crippen molar-refractivity contribution in [2.75, 3.05) is 5.32 Å². The molecular weight excluding hydrogens is 450 g/mol. The van der Waals surface area contributed by atoms with E-state index in [1.165, 1.54) is 18.7 Å². The van der Waals surface area contributed by atoms with Gasteiger partial charge >= 0.3 is 0 Å². The number of nitrogens with one attached hydrogen (secondary N) is 2. The predicted octanol–water partition coefficient (Wildman–Crippen LogP) is 4.25. The van der Waals surface area contributed by atoms with Gasteiger partial charge in [0.1, 0.15) is 0 Å². The van der Waals surface area contributed by atoms with E-state index in [0.717, 1.165) is 5.56 Å². The highest BCUT2D eigenvalue weighted by molar-refractivity contribution is 8.00. The first kappa shape index (κ1) is 25.2. The maximum absolute atomic E-state index is 12.9. The third-order valence-electron chi connectivity index (χ3n) is 5.24. The molecule has 0 aliphatic carbocycles. The molecule has 34 heavy (non-hydrogen) atoms. The van der Waals surface area contributed by atoms with Crippen molar-refractivity contribution in [3.05, 3.63) is 71.0 Å². The molecule has 3 aromatic rings. The van der Waals surface area contributed by atoms with Gasteiger partial charge < -0.3 is 15.2 Å². The molecule has 0 aliphatic heterocycles. The van der Waals surface area contributed by atoms with Crippen molar-refractivity contribution in [3.63, 3.8) is 0 Å². The third-order valence-corrected chi connectivity index (χ3v) is 6.59.